The van der Waals surface area contributed by atoms with Gasteiger partial charge >= 0.3 is 0 Å². The monoisotopic (exact) mass is 451 g/mol. The molecule has 0 fully saturated rings. The lowest BCUT2D eigenvalue weighted by molar-refractivity contribution is 0.370. The number of benzene rings is 2. The number of rotatable bonds is 8. The Hall–Kier alpha value is -2.59. The van der Waals surface area contributed by atoms with Crippen LogP contribution in [0.25, 0.3) is 0 Å². The molecule has 0 aromatic heterocycles. The van der Waals surface area contributed by atoms with Gasteiger partial charge in [0.25, 0.3) is 0 Å². The topological polar surface area (TPSA) is 105 Å². The Balaban J connectivity index is 1.99. The molecule has 1 N–H and O–H groups in total. The maximum absolute atomic E-state index is 12.9. The van der Waals surface area contributed by atoms with Crippen LogP contribution in [0.15, 0.2) is 53.6 Å². The average Bonchev–Trinajstić information content (AvgIpc) is 3.13. The number of nitrogens with one attached hydrogen (secondary N) is 1. The maximum Gasteiger partial charge on any atom is 0.250 e. The summed E-state index contributed by atoms with van der Waals surface area (Å²) in [5.74, 6) is 0.673. The summed E-state index contributed by atoms with van der Waals surface area (Å²) in [4.78, 5) is 0. The van der Waals surface area contributed by atoms with Crippen molar-refractivity contribution in [1.29, 1.82) is 0 Å². The summed E-state index contributed by atoms with van der Waals surface area (Å²) >= 11 is 0. The van der Waals surface area contributed by atoms with Crippen molar-refractivity contribution in [2.24, 2.45) is 5.10 Å². The number of nitrogens with zero attached hydrogens (tertiary/aromatic N) is 2. The smallest absolute Gasteiger partial charge is 0.250 e. The highest BCUT2D eigenvalue weighted by Gasteiger charge is 2.36. The van der Waals surface area contributed by atoms with Gasteiger partial charge < -0.3 is 4.74 Å². The normalized spacial score (nSPS) is 17.0. The Bertz CT molecular complexity index is 1140. The fourth-order valence-electron chi connectivity index (χ4n) is 3.32. The molecule has 0 unspecified atom stereocenters. The Labute approximate surface area is 177 Å². The quantitative estimate of drug-likeness (QED) is 0.664. The number of anilines is 1. The first-order valence-electron chi connectivity index (χ1n) is 9.44. The van der Waals surface area contributed by atoms with Gasteiger partial charge in [-0.05, 0) is 41.8 Å². The van der Waals surface area contributed by atoms with E-state index in [9.17, 15) is 16.8 Å². The van der Waals surface area contributed by atoms with Crippen molar-refractivity contribution in [3.05, 3.63) is 59.7 Å². The zero-order chi connectivity index (χ0) is 21.9. The molecule has 0 radical (unpaired) electrons. The Morgan fingerprint density at radius 3 is 2.43 bits per heavy atom. The van der Waals surface area contributed by atoms with Crippen LogP contribution in [-0.2, 0) is 20.0 Å². The molecule has 10 heteroatoms. The molecule has 2 aromatic carbocycles. The molecule has 0 aliphatic carbocycles. The molecule has 8 nitrogen and oxygen atoms in total. The predicted molar refractivity (Wildman–Crippen MR) is 118 cm³/mol. The highest BCUT2D eigenvalue weighted by atomic mass is 32.2. The van der Waals surface area contributed by atoms with E-state index < -0.39 is 26.1 Å². The molecule has 0 spiro atoms. The van der Waals surface area contributed by atoms with E-state index >= 15 is 0 Å². The van der Waals surface area contributed by atoms with Crippen molar-refractivity contribution < 1.29 is 21.6 Å². The molecule has 1 atom stereocenters. The summed E-state index contributed by atoms with van der Waals surface area (Å²) in [7, 11) is -5.46. The lowest BCUT2D eigenvalue weighted by Crippen LogP contribution is -2.29. The second-order valence-corrected chi connectivity index (χ2v) is 10.8. The van der Waals surface area contributed by atoms with Gasteiger partial charge in [0.2, 0.25) is 20.0 Å². The maximum atomic E-state index is 12.9. The third-order valence-corrected chi connectivity index (χ3v) is 7.06. The van der Waals surface area contributed by atoms with Gasteiger partial charge in [0.15, 0.2) is 0 Å². The van der Waals surface area contributed by atoms with E-state index in [0.717, 1.165) is 11.8 Å². The highest BCUT2D eigenvalue weighted by Crippen LogP contribution is 2.36. The number of ether oxygens (including phenoxy) is 1. The van der Waals surface area contributed by atoms with Crippen molar-refractivity contribution in [3.8, 4) is 5.75 Å². The van der Waals surface area contributed by atoms with Crippen LogP contribution in [0.4, 0.5) is 5.69 Å². The van der Waals surface area contributed by atoms with Crippen molar-refractivity contribution in [3.63, 3.8) is 0 Å². The van der Waals surface area contributed by atoms with Crippen LogP contribution in [0.3, 0.4) is 0 Å². The van der Waals surface area contributed by atoms with Crippen LogP contribution in [0.5, 0.6) is 5.75 Å². The first-order chi connectivity index (χ1) is 14.1. The van der Waals surface area contributed by atoms with E-state index in [1.165, 1.54) is 4.41 Å². The second kappa shape index (κ2) is 8.65. The molecule has 1 heterocycles. The van der Waals surface area contributed by atoms with E-state index in [1.807, 2.05) is 12.1 Å². The lowest BCUT2D eigenvalue weighted by atomic mass is 9.99. The van der Waals surface area contributed by atoms with Gasteiger partial charge in [0, 0.05) is 12.1 Å². The minimum absolute atomic E-state index is 0.00783. The summed E-state index contributed by atoms with van der Waals surface area (Å²) in [5.41, 5.74) is 2.44. The fourth-order valence-corrected chi connectivity index (χ4v) is 5.39. The van der Waals surface area contributed by atoms with Gasteiger partial charge in [0.05, 0.1) is 30.9 Å². The van der Waals surface area contributed by atoms with Crippen LogP contribution in [0.2, 0.25) is 0 Å². The largest absolute Gasteiger partial charge is 0.497 e. The van der Waals surface area contributed by atoms with Crippen molar-refractivity contribution in [2.45, 2.75) is 25.8 Å². The molecule has 1 aliphatic heterocycles. The third kappa shape index (κ3) is 5.11. The zero-order valence-electron chi connectivity index (χ0n) is 17.1. The molecule has 30 heavy (non-hydrogen) atoms. The van der Waals surface area contributed by atoms with E-state index in [4.69, 9.17) is 4.74 Å². The first-order valence-corrected chi connectivity index (χ1v) is 12.9. The molecule has 0 bridgehead atoms. The second-order valence-electron chi connectivity index (χ2n) is 7.08. The van der Waals surface area contributed by atoms with Crippen molar-refractivity contribution >= 4 is 31.4 Å². The summed E-state index contributed by atoms with van der Waals surface area (Å²) in [6, 6.07) is 13.5. The first kappa shape index (κ1) is 22.1. The number of methoxy groups -OCH3 is 1. The third-order valence-electron chi connectivity index (χ3n) is 4.62. The number of hydrogen-bond donors (Lipinski definition) is 1. The molecule has 3 rings (SSSR count). The van der Waals surface area contributed by atoms with Crippen LogP contribution >= 0.6 is 0 Å². The number of hydrazone groups is 1. The summed E-state index contributed by atoms with van der Waals surface area (Å²) in [6.07, 6.45) is 1.93. The standard InChI is InChI=1S/C20H25N3O5S2/c1-4-12-30(26,27)23-20(15-8-10-18(28-2)11-9-15)14-19(21-23)16-6-5-7-17(13-16)22-29(3,24)25/h5-11,13,20,22H,4,12,14H2,1-3H3/t20-/m1/s1. The van der Waals surface area contributed by atoms with E-state index in [-0.39, 0.29) is 5.75 Å². The molecule has 0 amide bonds. The minimum atomic E-state index is -3.60. The van der Waals surface area contributed by atoms with Gasteiger partial charge in [-0.1, -0.05) is 31.2 Å². The molecule has 0 saturated carbocycles. The van der Waals surface area contributed by atoms with E-state index in [1.54, 1.807) is 50.4 Å². The summed E-state index contributed by atoms with van der Waals surface area (Å²) < 4.78 is 57.6. The van der Waals surface area contributed by atoms with Crippen molar-refractivity contribution in [1.82, 2.24) is 4.41 Å². The molecule has 1 aliphatic rings. The molecule has 162 valence electrons. The molecular weight excluding hydrogens is 426 g/mol. The Morgan fingerprint density at radius 1 is 1.13 bits per heavy atom. The SMILES string of the molecule is CCCS(=O)(=O)N1N=C(c2cccc(NS(C)(=O)=O)c2)C[C@@H]1c1ccc(OC)cc1. The fraction of sp³-hybridized carbons (Fsp3) is 0.350. The minimum Gasteiger partial charge on any atom is -0.497 e. The van der Waals surface area contributed by atoms with Gasteiger partial charge in [-0.15, -0.1) is 0 Å². The van der Waals surface area contributed by atoms with Crippen LogP contribution < -0.4 is 9.46 Å². The Morgan fingerprint density at radius 2 is 1.83 bits per heavy atom. The summed E-state index contributed by atoms with van der Waals surface area (Å²) in [5, 5.41) is 4.44. The van der Waals surface area contributed by atoms with E-state index in [2.05, 4.69) is 9.82 Å². The van der Waals surface area contributed by atoms with Crippen LogP contribution in [0.1, 0.15) is 36.9 Å². The number of hydrogen-bond acceptors (Lipinski definition) is 6. The van der Waals surface area contributed by atoms with Crippen LogP contribution in [0, 0.1) is 0 Å². The van der Waals surface area contributed by atoms with Gasteiger partial charge in [-0.2, -0.15) is 9.52 Å². The number of sulfonamides is 2. The van der Waals surface area contributed by atoms with Crippen molar-refractivity contribution in [2.75, 3.05) is 23.8 Å². The lowest BCUT2D eigenvalue weighted by Gasteiger charge is -2.23. The van der Waals surface area contributed by atoms with Gasteiger partial charge in [0.1, 0.15) is 5.75 Å². The average molecular weight is 452 g/mol. The predicted octanol–water partition coefficient (Wildman–Crippen LogP) is 2.96. The van der Waals surface area contributed by atoms with Crippen LogP contribution in [-0.4, -0.2) is 46.1 Å². The van der Waals surface area contributed by atoms with Gasteiger partial charge in [-0.3, -0.25) is 4.72 Å². The molecular formula is C20H25N3O5S2. The van der Waals surface area contributed by atoms with E-state index in [0.29, 0.717) is 35.6 Å². The molecule has 0 saturated heterocycles. The Kier molecular flexibility index (Phi) is 6.37. The van der Waals surface area contributed by atoms with Gasteiger partial charge in [-0.25, -0.2) is 16.8 Å². The molecule has 2 aromatic rings. The zero-order valence-corrected chi connectivity index (χ0v) is 18.7. The highest BCUT2D eigenvalue weighted by molar-refractivity contribution is 7.92. The summed E-state index contributed by atoms with van der Waals surface area (Å²) in [6.45, 7) is 1.81.